The van der Waals surface area contributed by atoms with Crippen molar-refractivity contribution in [1.82, 2.24) is 0 Å². The van der Waals surface area contributed by atoms with E-state index >= 15 is 0 Å². The molecule has 35 heavy (non-hydrogen) atoms. The topological polar surface area (TPSA) is 88.4 Å². The Morgan fingerprint density at radius 2 is 1.74 bits per heavy atom. The predicted molar refractivity (Wildman–Crippen MR) is 139 cm³/mol. The van der Waals surface area contributed by atoms with Crippen LogP contribution in [0.5, 0.6) is 5.75 Å². The van der Waals surface area contributed by atoms with E-state index in [2.05, 4.69) is 21.2 Å². The van der Waals surface area contributed by atoms with Crippen LogP contribution in [0.1, 0.15) is 40.9 Å². The number of ether oxygens (including phenoxy) is 2. The van der Waals surface area contributed by atoms with Crippen LogP contribution in [0.4, 0.5) is 5.69 Å². The summed E-state index contributed by atoms with van der Waals surface area (Å²) in [5.74, 6) is -0.285. The third-order valence-electron chi connectivity index (χ3n) is 5.06. The van der Waals surface area contributed by atoms with Gasteiger partial charge in [0.1, 0.15) is 17.4 Å². The summed E-state index contributed by atoms with van der Waals surface area (Å²) in [5.41, 5.74) is 3.59. The van der Waals surface area contributed by atoms with Crippen LogP contribution in [0, 0.1) is 11.3 Å². The molecule has 0 unspecified atom stereocenters. The molecule has 0 heterocycles. The lowest BCUT2D eigenvalue weighted by Crippen LogP contribution is -2.13. The van der Waals surface area contributed by atoms with Crippen LogP contribution in [0.15, 0.2) is 76.8 Å². The van der Waals surface area contributed by atoms with Crippen molar-refractivity contribution < 1.29 is 19.1 Å². The van der Waals surface area contributed by atoms with E-state index in [-0.39, 0.29) is 12.2 Å². The Hall–Kier alpha value is -3.89. The van der Waals surface area contributed by atoms with Crippen LogP contribution in [-0.4, -0.2) is 25.1 Å². The Bertz CT molecular complexity index is 1280. The molecule has 3 aromatic carbocycles. The summed E-state index contributed by atoms with van der Waals surface area (Å²) in [6.07, 6.45) is 2.20. The molecule has 178 valence electrons. The lowest BCUT2D eigenvalue weighted by atomic mass is 10.0. The number of halogens is 1. The minimum atomic E-state index is -0.549. The van der Waals surface area contributed by atoms with Gasteiger partial charge in [0.25, 0.3) is 5.91 Å². The first-order valence-electron chi connectivity index (χ1n) is 11.1. The molecule has 0 aliphatic carbocycles. The zero-order chi connectivity index (χ0) is 25.2. The Labute approximate surface area is 213 Å². The summed E-state index contributed by atoms with van der Waals surface area (Å²) >= 11 is 3.58. The van der Waals surface area contributed by atoms with Gasteiger partial charge in [0, 0.05) is 16.6 Å². The van der Waals surface area contributed by atoms with Gasteiger partial charge >= 0.3 is 5.97 Å². The van der Waals surface area contributed by atoms with E-state index in [0.717, 1.165) is 15.6 Å². The predicted octanol–water partition coefficient (Wildman–Crippen LogP) is 6.16. The number of nitrogens with zero attached hydrogens (tertiary/aromatic N) is 1. The largest absolute Gasteiger partial charge is 0.494 e. The summed E-state index contributed by atoms with van der Waals surface area (Å²) in [5, 5.41) is 12.3. The second-order valence-corrected chi connectivity index (χ2v) is 8.34. The lowest BCUT2D eigenvalue weighted by Gasteiger charge is -2.12. The van der Waals surface area contributed by atoms with Crippen LogP contribution in [0.25, 0.3) is 6.08 Å². The monoisotopic (exact) mass is 532 g/mol. The minimum absolute atomic E-state index is 0.0551. The summed E-state index contributed by atoms with van der Waals surface area (Å²) in [6.45, 7) is 4.41. The van der Waals surface area contributed by atoms with E-state index in [1.54, 1.807) is 31.2 Å². The minimum Gasteiger partial charge on any atom is -0.494 e. The maximum atomic E-state index is 12.7. The molecule has 0 aliphatic rings. The van der Waals surface area contributed by atoms with Crippen molar-refractivity contribution in [3.63, 3.8) is 0 Å². The van der Waals surface area contributed by atoms with Gasteiger partial charge in [-0.05, 0) is 73.0 Å². The number of hydrogen-bond donors (Lipinski definition) is 1. The molecule has 0 spiro atoms. The van der Waals surface area contributed by atoms with Gasteiger partial charge in [-0.3, -0.25) is 4.79 Å². The van der Waals surface area contributed by atoms with Gasteiger partial charge in [-0.1, -0.05) is 46.3 Å². The number of anilines is 1. The molecule has 0 atom stereocenters. The van der Waals surface area contributed by atoms with Crippen LogP contribution in [0.2, 0.25) is 0 Å². The van der Waals surface area contributed by atoms with E-state index in [0.29, 0.717) is 35.6 Å². The molecule has 0 bridgehead atoms. The maximum absolute atomic E-state index is 12.7. The standard InChI is InChI=1S/C28H25BrN2O4/c1-3-34-26-16-19(9-10-22(26)17-21-7-5-6-8-25(21)29)15-23(18-30)27(32)31-24-13-11-20(12-14-24)28(33)35-4-2/h5-16H,3-4,17H2,1-2H3,(H,31,32)/b23-15+. The average molecular weight is 533 g/mol. The van der Waals surface area contributed by atoms with Crippen molar-refractivity contribution in [2.24, 2.45) is 0 Å². The molecule has 7 heteroatoms. The molecule has 3 aromatic rings. The molecule has 0 aliphatic heterocycles. The SMILES string of the molecule is CCOC(=O)c1ccc(NC(=O)/C(C#N)=C/c2ccc(Cc3ccccc3Br)c(OCC)c2)cc1. The number of nitrogens with one attached hydrogen (secondary N) is 1. The smallest absolute Gasteiger partial charge is 0.338 e. The zero-order valence-electron chi connectivity index (χ0n) is 19.5. The number of nitriles is 1. The fraction of sp³-hybridized carbons (Fsp3) is 0.179. The van der Waals surface area contributed by atoms with E-state index in [9.17, 15) is 14.9 Å². The highest BCUT2D eigenvalue weighted by molar-refractivity contribution is 9.10. The summed E-state index contributed by atoms with van der Waals surface area (Å²) < 4.78 is 11.8. The number of hydrogen-bond acceptors (Lipinski definition) is 5. The molecule has 0 saturated carbocycles. The first-order valence-corrected chi connectivity index (χ1v) is 11.9. The zero-order valence-corrected chi connectivity index (χ0v) is 21.1. The first-order chi connectivity index (χ1) is 16.9. The molecule has 0 aromatic heterocycles. The molecule has 6 nitrogen and oxygen atoms in total. The fourth-order valence-electron chi connectivity index (χ4n) is 3.36. The Morgan fingerprint density at radius 1 is 1.00 bits per heavy atom. The van der Waals surface area contributed by atoms with Crippen LogP contribution < -0.4 is 10.1 Å². The fourth-order valence-corrected chi connectivity index (χ4v) is 3.79. The molecular formula is C28H25BrN2O4. The maximum Gasteiger partial charge on any atom is 0.338 e. The quantitative estimate of drug-likeness (QED) is 0.202. The Morgan fingerprint density at radius 3 is 2.40 bits per heavy atom. The normalized spacial score (nSPS) is 10.9. The third-order valence-corrected chi connectivity index (χ3v) is 5.83. The van der Waals surface area contributed by atoms with E-state index in [1.807, 2.05) is 55.5 Å². The van der Waals surface area contributed by atoms with E-state index < -0.39 is 11.9 Å². The van der Waals surface area contributed by atoms with Gasteiger partial charge < -0.3 is 14.8 Å². The number of carbonyl (C=O) groups excluding carboxylic acids is 2. The van der Waals surface area contributed by atoms with Gasteiger partial charge in [-0.2, -0.15) is 5.26 Å². The summed E-state index contributed by atoms with van der Waals surface area (Å²) in [4.78, 5) is 24.5. The van der Waals surface area contributed by atoms with Crippen LogP contribution in [-0.2, 0) is 16.0 Å². The van der Waals surface area contributed by atoms with Gasteiger partial charge in [0.05, 0.1) is 18.8 Å². The second kappa shape index (κ2) is 12.5. The molecule has 0 fully saturated rings. The Kier molecular flexibility index (Phi) is 9.22. The molecule has 0 saturated heterocycles. The Balaban J connectivity index is 1.79. The highest BCUT2D eigenvalue weighted by Crippen LogP contribution is 2.27. The molecule has 1 N–H and O–H groups in total. The molecule has 3 rings (SSSR count). The van der Waals surface area contributed by atoms with Crippen molar-refractivity contribution >= 4 is 39.6 Å². The molecule has 0 radical (unpaired) electrons. The third kappa shape index (κ3) is 7.05. The van der Waals surface area contributed by atoms with Crippen molar-refractivity contribution in [2.45, 2.75) is 20.3 Å². The van der Waals surface area contributed by atoms with Gasteiger partial charge in [0.15, 0.2) is 0 Å². The number of esters is 1. The van der Waals surface area contributed by atoms with Crippen LogP contribution in [0.3, 0.4) is 0 Å². The molecule has 1 amide bonds. The lowest BCUT2D eigenvalue weighted by molar-refractivity contribution is -0.112. The van der Waals surface area contributed by atoms with Gasteiger partial charge in [0.2, 0.25) is 0 Å². The van der Waals surface area contributed by atoms with Gasteiger partial charge in [-0.25, -0.2) is 4.79 Å². The van der Waals surface area contributed by atoms with Crippen molar-refractivity contribution in [2.75, 3.05) is 18.5 Å². The number of rotatable bonds is 9. The van der Waals surface area contributed by atoms with E-state index in [4.69, 9.17) is 9.47 Å². The first kappa shape index (κ1) is 25.7. The van der Waals surface area contributed by atoms with Crippen molar-refractivity contribution in [3.05, 3.63) is 99.0 Å². The average Bonchev–Trinajstić information content (AvgIpc) is 2.86. The number of amides is 1. The van der Waals surface area contributed by atoms with Crippen molar-refractivity contribution in [1.29, 1.82) is 5.26 Å². The van der Waals surface area contributed by atoms with Crippen molar-refractivity contribution in [3.8, 4) is 11.8 Å². The van der Waals surface area contributed by atoms with E-state index in [1.165, 1.54) is 6.08 Å². The highest BCUT2D eigenvalue weighted by Gasteiger charge is 2.13. The second-order valence-electron chi connectivity index (χ2n) is 7.49. The molecular weight excluding hydrogens is 508 g/mol. The number of carbonyl (C=O) groups is 2. The summed E-state index contributed by atoms with van der Waals surface area (Å²) in [7, 11) is 0. The number of benzene rings is 3. The summed E-state index contributed by atoms with van der Waals surface area (Å²) in [6, 6.07) is 21.9. The van der Waals surface area contributed by atoms with Crippen LogP contribution >= 0.6 is 15.9 Å². The highest BCUT2D eigenvalue weighted by atomic mass is 79.9. The van der Waals surface area contributed by atoms with Gasteiger partial charge in [-0.15, -0.1) is 0 Å².